The summed E-state index contributed by atoms with van der Waals surface area (Å²) in [6.45, 7) is -0.199. The highest BCUT2D eigenvalue weighted by Gasteiger charge is 2.50. The highest BCUT2D eigenvalue weighted by molar-refractivity contribution is 5.83. The number of rotatable bonds is 6. The normalized spacial score (nSPS) is 18.6. The highest BCUT2D eigenvalue weighted by Crippen LogP contribution is 2.48. The summed E-state index contributed by atoms with van der Waals surface area (Å²) in [5.41, 5.74) is -0.372. The van der Waals surface area contributed by atoms with Gasteiger partial charge in [-0.15, -0.1) is 0 Å². The predicted molar refractivity (Wildman–Crippen MR) is 47.3 cm³/mol. The summed E-state index contributed by atoms with van der Waals surface area (Å²) >= 11 is 0. The van der Waals surface area contributed by atoms with Crippen molar-refractivity contribution in [1.82, 2.24) is 5.32 Å². The Morgan fingerprint density at radius 3 is 2.38 bits per heavy atom. The molecule has 0 heterocycles. The Labute approximate surface area is 89.8 Å². The average Bonchev–Trinajstić information content (AvgIpc) is 2.95. The van der Waals surface area contributed by atoms with Crippen molar-refractivity contribution in [3.8, 4) is 0 Å². The molecule has 2 N–H and O–H groups in total. The number of carbonyl (C=O) groups is 1. The van der Waals surface area contributed by atoms with Crippen LogP contribution in [0.25, 0.3) is 0 Å². The van der Waals surface area contributed by atoms with Crippen LogP contribution >= 0.6 is 0 Å². The van der Waals surface area contributed by atoms with Gasteiger partial charge in [0, 0.05) is 13.2 Å². The Morgan fingerprint density at radius 1 is 1.44 bits per heavy atom. The number of hydrogen-bond acceptors (Lipinski definition) is 2. The second kappa shape index (κ2) is 4.57. The lowest BCUT2D eigenvalue weighted by atomic mass is 10.0. The second-order valence-electron chi connectivity index (χ2n) is 4.08. The molecular weight excluding hydrogens is 230 g/mol. The van der Waals surface area contributed by atoms with Crippen LogP contribution in [0.2, 0.25) is 0 Å². The zero-order valence-electron chi connectivity index (χ0n) is 8.48. The molecule has 0 aromatic rings. The zero-order valence-corrected chi connectivity index (χ0v) is 8.48. The minimum Gasteiger partial charge on any atom is -0.396 e. The molecule has 1 rings (SSSR count). The van der Waals surface area contributed by atoms with Crippen LogP contribution in [0.15, 0.2) is 0 Å². The van der Waals surface area contributed by atoms with E-state index in [1.807, 2.05) is 5.32 Å². The van der Waals surface area contributed by atoms with Crippen molar-refractivity contribution in [2.75, 3.05) is 13.2 Å². The number of amides is 1. The molecule has 0 bridgehead atoms. The average molecular weight is 243 g/mol. The molecule has 16 heavy (non-hydrogen) atoms. The van der Waals surface area contributed by atoms with E-state index in [0.717, 1.165) is 0 Å². The molecule has 1 aliphatic carbocycles. The van der Waals surface area contributed by atoms with Crippen LogP contribution in [0, 0.1) is 5.41 Å². The summed E-state index contributed by atoms with van der Waals surface area (Å²) in [5.74, 6) is -6.60. The molecule has 0 aliphatic heterocycles. The second-order valence-corrected chi connectivity index (χ2v) is 4.08. The van der Waals surface area contributed by atoms with E-state index in [0.29, 0.717) is 19.3 Å². The monoisotopic (exact) mass is 243 g/mol. The SMILES string of the molecule is O=C(NCC1(CCO)CC1)C(F)(F)C(F)F. The topological polar surface area (TPSA) is 49.3 Å². The Bertz CT molecular complexity index is 266. The fourth-order valence-electron chi connectivity index (χ4n) is 1.41. The fourth-order valence-corrected chi connectivity index (χ4v) is 1.41. The molecule has 0 aromatic heterocycles. The molecule has 1 amide bonds. The molecular formula is C9H13F4NO2. The first kappa shape index (κ1) is 13.2. The maximum absolute atomic E-state index is 12.5. The molecule has 94 valence electrons. The van der Waals surface area contributed by atoms with Crippen LogP contribution in [0.5, 0.6) is 0 Å². The molecule has 1 fully saturated rings. The number of aliphatic hydroxyl groups excluding tert-OH is 1. The maximum Gasteiger partial charge on any atom is 0.383 e. The molecule has 0 spiro atoms. The van der Waals surface area contributed by atoms with Crippen molar-refractivity contribution in [2.45, 2.75) is 31.6 Å². The van der Waals surface area contributed by atoms with Gasteiger partial charge >= 0.3 is 12.3 Å². The first-order valence-electron chi connectivity index (χ1n) is 4.89. The standard InChI is InChI=1S/C9H13F4NO2/c10-6(11)9(12,13)7(16)14-5-8(1-2-8)3-4-15/h6,15H,1-5H2,(H,14,16). The van der Waals surface area contributed by atoms with Crippen molar-refractivity contribution in [1.29, 1.82) is 0 Å². The van der Waals surface area contributed by atoms with Gasteiger partial charge in [-0.1, -0.05) is 0 Å². The number of halogens is 4. The van der Waals surface area contributed by atoms with Gasteiger partial charge in [0.05, 0.1) is 0 Å². The van der Waals surface area contributed by atoms with Crippen LogP contribution in [-0.2, 0) is 4.79 Å². The van der Waals surface area contributed by atoms with Gasteiger partial charge in [0.25, 0.3) is 5.91 Å². The van der Waals surface area contributed by atoms with Gasteiger partial charge < -0.3 is 10.4 Å². The number of nitrogens with one attached hydrogen (secondary N) is 1. The van der Waals surface area contributed by atoms with Crippen molar-refractivity contribution in [3.63, 3.8) is 0 Å². The van der Waals surface area contributed by atoms with Gasteiger partial charge in [-0.2, -0.15) is 8.78 Å². The molecule has 3 nitrogen and oxygen atoms in total. The molecule has 0 radical (unpaired) electrons. The summed E-state index contributed by atoms with van der Waals surface area (Å²) in [5, 5.41) is 10.5. The van der Waals surface area contributed by atoms with E-state index in [-0.39, 0.29) is 18.6 Å². The maximum atomic E-state index is 12.5. The molecule has 1 aliphatic rings. The van der Waals surface area contributed by atoms with Gasteiger partial charge in [0.1, 0.15) is 0 Å². The van der Waals surface area contributed by atoms with Crippen molar-refractivity contribution in [2.24, 2.45) is 5.41 Å². The minimum atomic E-state index is -4.64. The third-order valence-electron chi connectivity index (χ3n) is 2.80. The smallest absolute Gasteiger partial charge is 0.383 e. The first-order valence-corrected chi connectivity index (χ1v) is 4.89. The Morgan fingerprint density at radius 2 is 2.00 bits per heavy atom. The van der Waals surface area contributed by atoms with E-state index in [1.54, 1.807) is 0 Å². The molecule has 7 heteroatoms. The van der Waals surface area contributed by atoms with Gasteiger partial charge in [-0.3, -0.25) is 4.79 Å². The first-order chi connectivity index (χ1) is 7.34. The van der Waals surface area contributed by atoms with Crippen LogP contribution < -0.4 is 5.32 Å². The number of alkyl halides is 4. The summed E-state index contributed by atoms with van der Waals surface area (Å²) in [6, 6.07) is 0. The molecule has 0 aromatic carbocycles. The molecule has 0 unspecified atom stereocenters. The number of carbonyl (C=O) groups excluding carboxylic acids is 1. The molecule has 0 atom stereocenters. The predicted octanol–water partition coefficient (Wildman–Crippen LogP) is 1.17. The Hall–Kier alpha value is -0.850. The lowest BCUT2D eigenvalue weighted by molar-refractivity contribution is -0.169. The summed E-state index contributed by atoms with van der Waals surface area (Å²) < 4.78 is 48.6. The van der Waals surface area contributed by atoms with Crippen molar-refractivity contribution < 1.29 is 27.5 Å². The summed E-state index contributed by atoms with van der Waals surface area (Å²) in [7, 11) is 0. The minimum absolute atomic E-state index is 0.0886. The van der Waals surface area contributed by atoms with Gasteiger partial charge in [0.15, 0.2) is 0 Å². The molecule has 0 saturated heterocycles. The van der Waals surface area contributed by atoms with Crippen LogP contribution in [0.1, 0.15) is 19.3 Å². The van der Waals surface area contributed by atoms with Gasteiger partial charge in [-0.25, -0.2) is 8.78 Å². The largest absolute Gasteiger partial charge is 0.396 e. The fraction of sp³-hybridized carbons (Fsp3) is 0.889. The van der Waals surface area contributed by atoms with E-state index in [4.69, 9.17) is 5.11 Å². The van der Waals surface area contributed by atoms with Crippen LogP contribution in [-0.4, -0.2) is 36.5 Å². The van der Waals surface area contributed by atoms with E-state index < -0.39 is 18.3 Å². The summed E-state index contributed by atoms with van der Waals surface area (Å²) in [6.07, 6.45) is -2.21. The van der Waals surface area contributed by atoms with Crippen LogP contribution in [0.4, 0.5) is 17.6 Å². The lowest BCUT2D eigenvalue weighted by Crippen LogP contribution is -2.46. The van der Waals surface area contributed by atoms with E-state index in [9.17, 15) is 22.4 Å². The van der Waals surface area contributed by atoms with E-state index >= 15 is 0 Å². The van der Waals surface area contributed by atoms with Crippen LogP contribution in [0.3, 0.4) is 0 Å². The Kier molecular flexibility index (Phi) is 3.77. The van der Waals surface area contributed by atoms with Gasteiger partial charge in [0.2, 0.25) is 0 Å². The van der Waals surface area contributed by atoms with Crippen molar-refractivity contribution >= 4 is 5.91 Å². The number of aliphatic hydroxyl groups is 1. The summed E-state index contributed by atoms with van der Waals surface area (Å²) in [4.78, 5) is 10.8. The third-order valence-corrected chi connectivity index (χ3v) is 2.80. The number of hydrogen-bond donors (Lipinski definition) is 2. The van der Waals surface area contributed by atoms with Gasteiger partial charge in [-0.05, 0) is 24.7 Å². The third kappa shape index (κ3) is 2.84. The zero-order chi connectivity index (χ0) is 12.4. The van der Waals surface area contributed by atoms with E-state index in [1.165, 1.54) is 0 Å². The highest BCUT2D eigenvalue weighted by atomic mass is 19.3. The lowest BCUT2D eigenvalue weighted by Gasteiger charge is -2.18. The van der Waals surface area contributed by atoms with E-state index in [2.05, 4.69) is 0 Å². The Balaban J connectivity index is 2.41. The molecule has 1 saturated carbocycles. The van der Waals surface area contributed by atoms with Crippen molar-refractivity contribution in [3.05, 3.63) is 0 Å². The quantitative estimate of drug-likeness (QED) is 0.688.